The first-order chi connectivity index (χ1) is 8.79. The minimum absolute atomic E-state index is 0.0564. The molecule has 6 heteroatoms. The Labute approximate surface area is 107 Å². The summed E-state index contributed by atoms with van der Waals surface area (Å²) in [6, 6.07) is 0. The van der Waals surface area contributed by atoms with Crippen molar-refractivity contribution in [3.8, 4) is 0 Å². The molecular formula is C12H20N4O2. The summed E-state index contributed by atoms with van der Waals surface area (Å²) in [5, 5.41) is 9.34. The number of aromatic nitrogens is 2. The zero-order valence-electron chi connectivity index (χ0n) is 10.7. The number of amides is 1. The van der Waals surface area contributed by atoms with Crippen molar-refractivity contribution in [3.05, 3.63) is 18.0 Å². The molecular weight excluding hydrogens is 232 g/mol. The lowest BCUT2D eigenvalue weighted by atomic mass is 10.1. The van der Waals surface area contributed by atoms with Crippen LogP contribution in [-0.4, -0.2) is 60.9 Å². The molecule has 100 valence electrons. The van der Waals surface area contributed by atoms with E-state index in [1.54, 1.807) is 13.3 Å². The maximum atomic E-state index is 11.7. The zero-order valence-corrected chi connectivity index (χ0v) is 10.7. The molecule has 1 aromatic heterocycles. The second kappa shape index (κ2) is 6.51. The van der Waals surface area contributed by atoms with Crippen LogP contribution in [0.25, 0.3) is 0 Å². The third-order valence-corrected chi connectivity index (χ3v) is 3.29. The molecule has 0 unspecified atom stereocenters. The predicted molar refractivity (Wildman–Crippen MR) is 67.3 cm³/mol. The maximum absolute atomic E-state index is 11.7. The van der Waals surface area contributed by atoms with E-state index in [0.717, 1.165) is 39.2 Å². The van der Waals surface area contributed by atoms with E-state index < -0.39 is 0 Å². The summed E-state index contributed by atoms with van der Waals surface area (Å²) in [6.45, 7) is 4.61. The topological polar surface area (TPSA) is 70.2 Å². The molecule has 1 atom stereocenters. The van der Waals surface area contributed by atoms with Gasteiger partial charge in [-0.3, -0.25) is 9.89 Å². The van der Waals surface area contributed by atoms with Gasteiger partial charge in [-0.15, -0.1) is 0 Å². The molecule has 0 bridgehead atoms. The third kappa shape index (κ3) is 3.54. The largest absolute Gasteiger partial charge is 0.383 e. The number of hydrogen-bond acceptors (Lipinski definition) is 4. The van der Waals surface area contributed by atoms with Gasteiger partial charge >= 0.3 is 0 Å². The molecule has 1 fully saturated rings. The Morgan fingerprint density at radius 2 is 2.61 bits per heavy atom. The van der Waals surface area contributed by atoms with Crippen LogP contribution in [0.4, 0.5) is 0 Å². The van der Waals surface area contributed by atoms with Gasteiger partial charge in [0, 0.05) is 32.9 Å². The van der Waals surface area contributed by atoms with Crippen molar-refractivity contribution in [2.45, 2.75) is 6.42 Å². The van der Waals surface area contributed by atoms with E-state index in [0.29, 0.717) is 11.5 Å². The molecule has 0 saturated carbocycles. The maximum Gasteiger partial charge on any atom is 0.254 e. The van der Waals surface area contributed by atoms with Crippen LogP contribution in [0.5, 0.6) is 0 Å². The van der Waals surface area contributed by atoms with E-state index in [1.807, 2.05) is 0 Å². The molecule has 1 aromatic rings. The highest BCUT2D eigenvalue weighted by molar-refractivity contribution is 5.93. The summed E-state index contributed by atoms with van der Waals surface area (Å²) < 4.78 is 5.06. The number of carbonyl (C=O) groups is 1. The first-order valence-electron chi connectivity index (χ1n) is 6.28. The summed E-state index contributed by atoms with van der Waals surface area (Å²) in [5.74, 6) is 0.483. The van der Waals surface area contributed by atoms with Crippen molar-refractivity contribution in [1.29, 1.82) is 0 Å². The highest BCUT2D eigenvalue weighted by Crippen LogP contribution is 2.14. The van der Waals surface area contributed by atoms with Crippen molar-refractivity contribution in [2.75, 3.05) is 39.9 Å². The van der Waals surface area contributed by atoms with Gasteiger partial charge in [-0.2, -0.15) is 5.10 Å². The number of aromatic amines is 1. The molecule has 1 aliphatic heterocycles. The molecule has 2 rings (SSSR count). The highest BCUT2D eigenvalue weighted by atomic mass is 16.5. The summed E-state index contributed by atoms with van der Waals surface area (Å²) in [7, 11) is 1.72. The van der Waals surface area contributed by atoms with Crippen LogP contribution in [-0.2, 0) is 4.74 Å². The van der Waals surface area contributed by atoms with Crippen molar-refractivity contribution in [3.63, 3.8) is 0 Å². The average molecular weight is 252 g/mol. The van der Waals surface area contributed by atoms with Gasteiger partial charge in [0.1, 0.15) is 0 Å². The van der Waals surface area contributed by atoms with Gasteiger partial charge in [-0.25, -0.2) is 0 Å². The summed E-state index contributed by atoms with van der Waals surface area (Å²) >= 11 is 0. The van der Waals surface area contributed by atoms with Gasteiger partial charge in [-0.05, 0) is 18.9 Å². The Morgan fingerprint density at radius 3 is 3.33 bits per heavy atom. The minimum Gasteiger partial charge on any atom is -0.383 e. The van der Waals surface area contributed by atoms with Gasteiger partial charge in [0.25, 0.3) is 5.91 Å². The summed E-state index contributed by atoms with van der Waals surface area (Å²) in [5.41, 5.74) is 0.587. The monoisotopic (exact) mass is 252 g/mol. The molecule has 1 saturated heterocycles. The molecule has 0 spiro atoms. The minimum atomic E-state index is -0.0564. The van der Waals surface area contributed by atoms with E-state index in [1.165, 1.54) is 6.20 Å². The SMILES string of the molecule is COCCN1CC[C@@H](CNC(=O)c2cn[nH]c2)C1. The fourth-order valence-corrected chi connectivity index (χ4v) is 2.22. The summed E-state index contributed by atoms with van der Waals surface area (Å²) in [4.78, 5) is 14.1. The first kappa shape index (κ1) is 13.0. The smallest absolute Gasteiger partial charge is 0.254 e. The standard InChI is InChI=1S/C12H20N4O2/c1-18-5-4-16-3-2-10(9-16)6-13-12(17)11-7-14-15-8-11/h7-8,10H,2-6,9H2,1H3,(H,13,17)(H,14,15)/t10-/m0/s1. The van der Waals surface area contributed by atoms with Gasteiger partial charge in [0.15, 0.2) is 0 Å². The van der Waals surface area contributed by atoms with Gasteiger partial charge in [0.05, 0.1) is 18.4 Å². The number of H-pyrrole nitrogens is 1. The van der Waals surface area contributed by atoms with E-state index >= 15 is 0 Å². The highest BCUT2D eigenvalue weighted by Gasteiger charge is 2.22. The third-order valence-electron chi connectivity index (χ3n) is 3.29. The van der Waals surface area contributed by atoms with E-state index in [-0.39, 0.29) is 5.91 Å². The predicted octanol–water partition coefficient (Wildman–Crippen LogP) is 0.108. The lowest BCUT2D eigenvalue weighted by Gasteiger charge is -2.15. The number of carbonyl (C=O) groups excluding carboxylic acids is 1. The fourth-order valence-electron chi connectivity index (χ4n) is 2.22. The zero-order chi connectivity index (χ0) is 12.8. The van der Waals surface area contributed by atoms with Gasteiger partial charge in [-0.1, -0.05) is 0 Å². The Hall–Kier alpha value is -1.40. The first-order valence-corrected chi connectivity index (χ1v) is 6.28. The molecule has 0 aliphatic carbocycles. The number of nitrogens with one attached hydrogen (secondary N) is 2. The Bertz CT molecular complexity index is 366. The second-order valence-electron chi connectivity index (χ2n) is 4.65. The van der Waals surface area contributed by atoms with Crippen LogP contribution >= 0.6 is 0 Å². The molecule has 1 amide bonds. The molecule has 0 aromatic carbocycles. The lowest BCUT2D eigenvalue weighted by Crippen LogP contribution is -2.31. The van der Waals surface area contributed by atoms with Gasteiger partial charge in [0.2, 0.25) is 0 Å². The Morgan fingerprint density at radius 1 is 1.72 bits per heavy atom. The quantitative estimate of drug-likeness (QED) is 0.754. The Kier molecular flexibility index (Phi) is 4.72. The van der Waals surface area contributed by atoms with Gasteiger partial charge < -0.3 is 15.0 Å². The van der Waals surface area contributed by atoms with Crippen LogP contribution in [0.3, 0.4) is 0 Å². The fraction of sp³-hybridized carbons (Fsp3) is 0.667. The van der Waals surface area contributed by atoms with Crippen LogP contribution in [0.2, 0.25) is 0 Å². The molecule has 2 N–H and O–H groups in total. The van der Waals surface area contributed by atoms with Crippen LogP contribution in [0.1, 0.15) is 16.8 Å². The molecule has 0 radical (unpaired) electrons. The number of likely N-dealkylation sites (tertiary alicyclic amines) is 1. The van der Waals surface area contributed by atoms with Crippen molar-refractivity contribution in [2.24, 2.45) is 5.92 Å². The van der Waals surface area contributed by atoms with E-state index in [4.69, 9.17) is 4.74 Å². The van der Waals surface area contributed by atoms with Crippen LogP contribution < -0.4 is 5.32 Å². The van der Waals surface area contributed by atoms with Crippen molar-refractivity contribution < 1.29 is 9.53 Å². The van der Waals surface area contributed by atoms with Crippen LogP contribution in [0, 0.1) is 5.92 Å². The van der Waals surface area contributed by atoms with Crippen LogP contribution in [0.15, 0.2) is 12.4 Å². The van der Waals surface area contributed by atoms with Crippen molar-refractivity contribution >= 4 is 5.91 Å². The average Bonchev–Trinajstić information content (AvgIpc) is 3.04. The number of ether oxygens (including phenoxy) is 1. The Balaban J connectivity index is 1.67. The number of nitrogens with zero attached hydrogens (tertiary/aromatic N) is 2. The molecule has 2 heterocycles. The number of hydrogen-bond donors (Lipinski definition) is 2. The van der Waals surface area contributed by atoms with E-state index in [9.17, 15) is 4.79 Å². The number of rotatable bonds is 6. The summed E-state index contributed by atoms with van der Waals surface area (Å²) in [6.07, 6.45) is 4.28. The van der Waals surface area contributed by atoms with Crippen molar-refractivity contribution in [1.82, 2.24) is 20.4 Å². The second-order valence-corrected chi connectivity index (χ2v) is 4.65. The number of methoxy groups -OCH3 is 1. The lowest BCUT2D eigenvalue weighted by molar-refractivity contribution is 0.0947. The molecule has 1 aliphatic rings. The normalized spacial score (nSPS) is 20.2. The van der Waals surface area contributed by atoms with E-state index in [2.05, 4.69) is 20.4 Å². The molecule has 6 nitrogen and oxygen atoms in total. The molecule has 18 heavy (non-hydrogen) atoms.